The van der Waals surface area contributed by atoms with Gasteiger partial charge >= 0.3 is 5.97 Å². The maximum atomic E-state index is 14.3. The first kappa shape index (κ1) is 22.9. The normalized spacial score (nSPS) is 10.5. The molecule has 0 spiro atoms. The Bertz CT molecular complexity index is 1210. The molecule has 2 aromatic carbocycles. The molecule has 0 fully saturated rings. The fraction of sp³-hybridized carbons (Fsp3) is 0.261. The predicted octanol–water partition coefficient (Wildman–Crippen LogP) is 4.81. The molecule has 1 N–H and O–H groups in total. The smallest absolute Gasteiger partial charge is 0.335 e. The number of benzene rings is 2. The standard InChI is InChI=1S/C14H13F2NO2.C9H10O2/c1-4-17-6-7(2)14(19)9-5-10(15)11(8(3)18)12(16)13(9)17;1-6-3-4-8(9(10)11)7(2)5-6/h5-6H,4H2,1-3H3;3-5H,1-2H3,(H,10,11). The molecule has 0 unspecified atom stereocenters. The van der Waals surface area contributed by atoms with Gasteiger partial charge in [-0.2, -0.15) is 0 Å². The molecule has 0 saturated carbocycles. The van der Waals surface area contributed by atoms with Crippen molar-refractivity contribution in [1.29, 1.82) is 0 Å². The van der Waals surface area contributed by atoms with E-state index in [1.807, 2.05) is 13.0 Å². The lowest BCUT2D eigenvalue weighted by atomic mass is 10.0. The van der Waals surface area contributed by atoms with E-state index in [0.29, 0.717) is 17.7 Å². The van der Waals surface area contributed by atoms with Gasteiger partial charge in [-0.3, -0.25) is 9.59 Å². The van der Waals surface area contributed by atoms with Crippen molar-refractivity contribution < 1.29 is 23.5 Å². The number of pyridine rings is 1. The second kappa shape index (κ2) is 8.98. The third kappa shape index (κ3) is 4.45. The van der Waals surface area contributed by atoms with E-state index in [0.717, 1.165) is 24.1 Å². The van der Waals surface area contributed by atoms with Crippen molar-refractivity contribution >= 4 is 22.7 Å². The first-order valence-corrected chi connectivity index (χ1v) is 9.32. The van der Waals surface area contributed by atoms with Gasteiger partial charge in [0, 0.05) is 18.3 Å². The fourth-order valence-electron chi connectivity index (χ4n) is 3.26. The van der Waals surface area contributed by atoms with Crippen molar-refractivity contribution in [1.82, 2.24) is 4.57 Å². The number of halogens is 2. The van der Waals surface area contributed by atoms with Crippen LogP contribution >= 0.6 is 0 Å². The summed E-state index contributed by atoms with van der Waals surface area (Å²) >= 11 is 0. The van der Waals surface area contributed by atoms with Gasteiger partial charge in [0.25, 0.3) is 0 Å². The average molecular weight is 415 g/mol. The van der Waals surface area contributed by atoms with Crippen molar-refractivity contribution in [2.45, 2.75) is 41.2 Å². The Hall–Kier alpha value is -3.35. The number of carbonyl (C=O) groups is 2. The molecule has 0 bridgehead atoms. The van der Waals surface area contributed by atoms with Gasteiger partial charge in [0.15, 0.2) is 17.0 Å². The second-order valence-electron chi connectivity index (χ2n) is 7.05. The van der Waals surface area contributed by atoms with E-state index in [2.05, 4.69) is 0 Å². The number of aromatic carboxylic acids is 1. The van der Waals surface area contributed by atoms with Crippen LogP contribution in [0.3, 0.4) is 0 Å². The van der Waals surface area contributed by atoms with Crippen LogP contribution in [0.1, 0.15) is 51.3 Å². The highest BCUT2D eigenvalue weighted by molar-refractivity contribution is 5.98. The van der Waals surface area contributed by atoms with Crippen LogP contribution in [0.4, 0.5) is 8.78 Å². The Morgan fingerprint density at radius 3 is 2.20 bits per heavy atom. The second-order valence-corrected chi connectivity index (χ2v) is 7.05. The number of carboxylic acids is 1. The minimum Gasteiger partial charge on any atom is -0.478 e. The molecule has 3 aromatic rings. The summed E-state index contributed by atoms with van der Waals surface area (Å²) in [5, 5.41) is 8.62. The van der Waals surface area contributed by atoms with Crippen LogP contribution in [0, 0.1) is 32.4 Å². The van der Waals surface area contributed by atoms with E-state index in [4.69, 9.17) is 5.11 Å². The minimum atomic E-state index is -0.997. The number of nitrogens with zero attached hydrogens (tertiary/aromatic N) is 1. The zero-order valence-corrected chi connectivity index (χ0v) is 17.5. The maximum Gasteiger partial charge on any atom is 0.335 e. The maximum absolute atomic E-state index is 14.3. The van der Waals surface area contributed by atoms with Gasteiger partial charge < -0.3 is 9.67 Å². The summed E-state index contributed by atoms with van der Waals surface area (Å²) in [6.45, 7) is 8.62. The zero-order chi connectivity index (χ0) is 22.7. The Labute approximate surface area is 172 Å². The molecular weight excluding hydrogens is 392 g/mol. The summed E-state index contributed by atoms with van der Waals surface area (Å²) < 4.78 is 29.6. The number of aryl methyl sites for hydroxylation is 4. The third-order valence-corrected chi connectivity index (χ3v) is 4.74. The number of hydrogen-bond donors (Lipinski definition) is 1. The van der Waals surface area contributed by atoms with Crippen LogP contribution in [0.15, 0.2) is 35.3 Å². The summed E-state index contributed by atoms with van der Waals surface area (Å²) in [7, 11) is 0. The van der Waals surface area contributed by atoms with Gasteiger partial charge in [0.1, 0.15) is 5.82 Å². The van der Waals surface area contributed by atoms with Gasteiger partial charge in [-0.25, -0.2) is 13.6 Å². The summed E-state index contributed by atoms with van der Waals surface area (Å²) in [5.74, 6) is -3.53. The quantitative estimate of drug-likeness (QED) is 0.623. The van der Waals surface area contributed by atoms with Gasteiger partial charge in [-0.05, 0) is 52.3 Å². The van der Waals surface area contributed by atoms with Crippen molar-refractivity contribution in [2.24, 2.45) is 0 Å². The molecule has 1 aromatic heterocycles. The number of ketones is 1. The highest BCUT2D eigenvalue weighted by Gasteiger charge is 2.21. The number of fused-ring (bicyclic) bond motifs is 1. The van der Waals surface area contributed by atoms with Crippen LogP contribution in [-0.4, -0.2) is 21.4 Å². The van der Waals surface area contributed by atoms with Gasteiger partial charge in [-0.15, -0.1) is 0 Å². The highest BCUT2D eigenvalue weighted by Crippen LogP contribution is 2.23. The van der Waals surface area contributed by atoms with E-state index < -0.39 is 34.4 Å². The Morgan fingerprint density at radius 2 is 1.70 bits per heavy atom. The fourth-order valence-corrected chi connectivity index (χ4v) is 3.26. The molecule has 158 valence electrons. The average Bonchev–Trinajstić information content (AvgIpc) is 2.64. The first-order chi connectivity index (χ1) is 14.0. The molecule has 0 atom stereocenters. The topological polar surface area (TPSA) is 76.4 Å². The Morgan fingerprint density at radius 1 is 1.07 bits per heavy atom. The number of rotatable bonds is 3. The first-order valence-electron chi connectivity index (χ1n) is 9.32. The molecule has 0 amide bonds. The van der Waals surface area contributed by atoms with Crippen LogP contribution in [0.25, 0.3) is 10.9 Å². The predicted molar refractivity (Wildman–Crippen MR) is 111 cm³/mol. The van der Waals surface area contributed by atoms with Crippen LogP contribution in [-0.2, 0) is 6.54 Å². The zero-order valence-electron chi connectivity index (χ0n) is 17.5. The lowest BCUT2D eigenvalue weighted by molar-refractivity contribution is 0.0696. The molecule has 7 heteroatoms. The van der Waals surface area contributed by atoms with Gasteiger partial charge in [0.2, 0.25) is 0 Å². The third-order valence-electron chi connectivity index (χ3n) is 4.74. The summed E-state index contributed by atoms with van der Waals surface area (Å²) in [4.78, 5) is 33.8. The van der Waals surface area contributed by atoms with Crippen molar-refractivity contribution in [2.75, 3.05) is 0 Å². The number of carbonyl (C=O) groups excluding carboxylic acids is 1. The molecule has 0 aliphatic rings. The van der Waals surface area contributed by atoms with Crippen LogP contribution in [0.2, 0.25) is 0 Å². The highest BCUT2D eigenvalue weighted by atomic mass is 19.1. The lowest BCUT2D eigenvalue weighted by Gasteiger charge is -2.13. The molecule has 30 heavy (non-hydrogen) atoms. The largest absolute Gasteiger partial charge is 0.478 e. The van der Waals surface area contributed by atoms with Crippen molar-refractivity contribution in [3.63, 3.8) is 0 Å². The van der Waals surface area contributed by atoms with E-state index in [-0.39, 0.29) is 10.9 Å². The molecule has 0 aliphatic heterocycles. The number of Topliss-reactive ketones (excluding diaryl/α,β-unsaturated/α-hetero) is 1. The molecule has 0 radical (unpaired) electrons. The molecule has 3 rings (SSSR count). The van der Waals surface area contributed by atoms with E-state index in [9.17, 15) is 23.2 Å². The summed E-state index contributed by atoms with van der Waals surface area (Å²) in [6, 6.07) is 6.24. The van der Waals surface area contributed by atoms with Crippen molar-refractivity contribution in [3.05, 3.63) is 80.1 Å². The summed E-state index contributed by atoms with van der Waals surface area (Å²) in [5.41, 5.74) is 1.65. The molecule has 0 saturated heterocycles. The van der Waals surface area contributed by atoms with E-state index in [1.165, 1.54) is 10.8 Å². The summed E-state index contributed by atoms with van der Waals surface area (Å²) in [6.07, 6.45) is 1.51. The number of aromatic nitrogens is 1. The van der Waals surface area contributed by atoms with Gasteiger partial charge in [0.05, 0.1) is 22.0 Å². The van der Waals surface area contributed by atoms with Crippen LogP contribution in [0.5, 0.6) is 0 Å². The Balaban J connectivity index is 0.000000248. The number of carboxylic acid groups (broad SMARTS) is 1. The Kier molecular flexibility index (Phi) is 6.87. The van der Waals surface area contributed by atoms with Gasteiger partial charge in [-0.1, -0.05) is 17.7 Å². The SMILES string of the molecule is CCn1cc(C)c(=O)c2cc(F)c(C(C)=O)c(F)c21.Cc1ccc(C(=O)O)c(C)c1. The van der Waals surface area contributed by atoms with E-state index >= 15 is 0 Å². The monoisotopic (exact) mass is 415 g/mol. The molecule has 5 nitrogen and oxygen atoms in total. The molecule has 1 heterocycles. The molecular formula is C23H23F2NO4. The molecule has 0 aliphatic carbocycles. The van der Waals surface area contributed by atoms with Crippen molar-refractivity contribution in [3.8, 4) is 0 Å². The lowest BCUT2D eigenvalue weighted by Crippen LogP contribution is -2.15. The minimum absolute atomic E-state index is 0.0234. The van der Waals surface area contributed by atoms with Crippen LogP contribution < -0.4 is 5.43 Å². The number of hydrogen-bond acceptors (Lipinski definition) is 3. The van der Waals surface area contributed by atoms with E-state index in [1.54, 1.807) is 32.9 Å².